The summed E-state index contributed by atoms with van der Waals surface area (Å²) in [5, 5.41) is 8.29. The van der Waals surface area contributed by atoms with Gasteiger partial charge in [-0.3, -0.25) is 0 Å². The van der Waals surface area contributed by atoms with Crippen molar-refractivity contribution in [3.63, 3.8) is 0 Å². The second-order valence-electron chi connectivity index (χ2n) is 1.56. The summed E-state index contributed by atoms with van der Waals surface area (Å²) in [5.41, 5.74) is 0. The maximum absolute atomic E-state index is 8.29. The van der Waals surface area contributed by atoms with Crippen molar-refractivity contribution in [1.82, 2.24) is 0 Å². The summed E-state index contributed by atoms with van der Waals surface area (Å²) in [6.07, 6.45) is 0.932. The molecule has 0 radical (unpaired) electrons. The van der Waals surface area contributed by atoms with Gasteiger partial charge in [-0.25, -0.2) is 0 Å². The lowest BCUT2D eigenvalue weighted by atomic mass is 10.3. The Balaban J connectivity index is 0. The van der Waals surface area contributed by atoms with Crippen molar-refractivity contribution in [1.29, 1.82) is 0 Å². The molecular formula is C5H14MgO2. The van der Waals surface area contributed by atoms with Crippen LogP contribution in [0.4, 0.5) is 0 Å². The molecule has 0 spiro atoms. The Morgan fingerprint density at radius 1 is 1.62 bits per heavy atom. The van der Waals surface area contributed by atoms with Gasteiger partial charge in [-0.05, 0) is 13.3 Å². The highest BCUT2D eigenvalue weighted by Crippen LogP contribution is 1.90. The third kappa shape index (κ3) is 6.69. The average molecular weight is 130 g/mol. The molecule has 1 unspecified atom stereocenters. The zero-order valence-corrected chi connectivity index (χ0v) is 4.85. The Labute approximate surface area is 66.4 Å². The van der Waals surface area contributed by atoms with Crippen molar-refractivity contribution < 1.29 is 9.84 Å². The molecule has 0 amide bonds. The van der Waals surface area contributed by atoms with Crippen molar-refractivity contribution in [3.05, 3.63) is 0 Å². The van der Waals surface area contributed by atoms with Crippen LogP contribution in [0.1, 0.15) is 13.3 Å². The monoisotopic (exact) mass is 130 g/mol. The Morgan fingerprint density at radius 3 is 2.25 bits per heavy atom. The average Bonchev–Trinajstić information content (AvgIpc) is 1.68. The summed E-state index contributed by atoms with van der Waals surface area (Å²) in [4.78, 5) is 0. The lowest BCUT2D eigenvalue weighted by Gasteiger charge is -2.04. The summed E-state index contributed by atoms with van der Waals surface area (Å²) in [6, 6.07) is 0. The molecular weight excluding hydrogens is 116 g/mol. The maximum Gasteiger partial charge on any atom is 0.316 e. The Kier molecular flexibility index (Phi) is 11.0. The topological polar surface area (TPSA) is 29.5 Å². The van der Waals surface area contributed by atoms with E-state index < -0.39 is 0 Å². The van der Waals surface area contributed by atoms with Gasteiger partial charge in [0.15, 0.2) is 0 Å². The van der Waals surface area contributed by atoms with Gasteiger partial charge >= 0.3 is 23.1 Å². The minimum Gasteiger partial charge on any atom is -0.396 e. The summed E-state index contributed by atoms with van der Waals surface area (Å²) < 4.78 is 4.83. The molecule has 0 saturated heterocycles. The fourth-order valence-electron chi connectivity index (χ4n) is 0.300. The number of aliphatic hydroxyl groups excluding tert-OH is 1. The van der Waals surface area contributed by atoms with Gasteiger partial charge in [0.25, 0.3) is 0 Å². The molecule has 1 N–H and O–H groups in total. The summed E-state index contributed by atoms with van der Waals surface area (Å²) in [7, 11) is 1.64. The van der Waals surface area contributed by atoms with Crippen molar-refractivity contribution >= 4 is 23.1 Å². The van der Waals surface area contributed by atoms with Gasteiger partial charge in [0.2, 0.25) is 0 Å². The molecule has 1 atom stereocenters. The first-order valence-electron chi connectivity index (χ1n) is 2.45. The van der Waals surface area contributed by atoms with Gasteiger partial charge in [0, 0.05) is 13.7 Å². The molecule has 0 aromatic carbocycles. The van der Waals surface area contributed by atoms with Crippen LogP contribution in [0.2, 0.25) is 0 Å². The standard InChI is InChI=1S/C5H12O2.Mg.2H/c1-5(7-2)3-4-6;;;/h5-6H,3-4H2,1-2H3;;;. The van der Waals surface area contributed by atoms with Crippen molar-refractivity contribution in [2.45, 2.75) is 19.4 Å². The van der Waals surface area contributed by atoms with Crippen LogP contribution in [0.15, 0.2) is 0 Å². The van der Waals surface area contributed by atoms with E-state index in [4.69, 9.17) is 9.84 Å². The Bertz CT molecular complexity index is 41.4. The van der Waals surface area contributed by atoms with Crippen LogP contribution in [0.25, 0.3) is 0 Å². The first-order chi connectivity index (χ1) is 3.31. The van der Waals surface area contributed by atoms with Crippen LogP contribution in [0.3, 0.4) is 0 Å². The van der Waals surface area contributed by atoms with E-state index in [0.29, 0.717) is 0 Å². The van der Waals surface area contributed by atoms with E-state index in [1.807, 2.05) is 6.92 Å². The van der Waals surface area contributed by atoms with Crippen LogP contribution in [-0.2, 0) is 4.74 Å². The number of hydrogen-bond acceptors (Lipinski definition) is 2. The number of methoxy groups -OCH3 is 1. The predicted octanol–water partition coefficient (Wildman–Crippen LogP) is -0.512. The zero-order valence-electron chi connectivity index (χ0n) is 4.85. The zero-order chi connectivity index (χ0) is 5.70. The number of ether oxygens (including phenoxy) is 1. The largest absolute Gasteiger partial charge is 0.396 e. The van der Waals surface area contributed by atoms with Crippen molar-refractivity contribution in [2.24, 2.45) is 0 Å². The van der Waals surface area contributed by atoms with Crippen molar-refractivity contribution in [3.8, 4) is 0 Å². The highest BCUT2D eigenvalue weighted by molar-refractivity contribution is 5.75. The smallest absolute Gasteiger partial charge is 0.316 e. The second kappa shape index (κ2) is 7.69. The molecule has 0 fully saturated rings. The highest BCUT2D eigenvalue weighted by atomic mass is 24.3. The summed E-state index contributed by atoms with van der Waals surface area (Å²) in [5.74, 6) is 0. The number of aliphatic hydroxyl groups is 1. The van der Waals surface area contributed by atoms with E-state index in [-0.39, 0.29) is 35.8 Å². The molecule has 8 heavy (non-hydrogen) atoms. The van der Waals surface area contributed by atoms with E-state index in [2.05, 4.69) is 0 Å². The molecule has 0 saturated carbocycles. The molecule has 48 valence electrons. The molecule has 0 rings (SSSR count). The van der Waals surface area contributed by atoms with Crippen LogP contribution in [0, 0.1) is 0 Å². The second-order valence-corrected chi connectivity index (χ2v) is 1.56. The fraction of sp³-hybridized carbons (Fsp3) is 1.00. The lowest BCUT2D eigenvalue weighted by molar-refractivity contribution is 0.0917. The van der Waals surface area contributed by atoms with E-state index in [0.717, 1.165) is 6.42 Å². The highest BCUT2D eigenvalue weighted by Gasteiger charge is 1.93. The quantitative estimate of drug-likeness (QED) is 0.522. The van der Waals surface area contributed by atoms with Crippen LogP contribution in [-0.4, -0.2) is 48.0 Å². The molecule has 0 aliphatic heterocycles. The predicted molar refractivity (Wildman–Crippen MR) is 36.7 cm³/mol. The minimum atomic E-state index is 0. The van der Waals surface area contributed by atoms with Gasteiger partial charge in [-0.2, -0.15) is 0 Å². The molecule has 3 heteroatoms. The lowest BCUT2D eigenvalue weighted by Crippen LogP contribution is -2.05. The minimum absolute atomic E-state index is 0. The molecule has 0 heterocycles. The fourth-order valence-corrected chi connectivity index (χ4v) is 0.300. The molecule has 0 aromatic heterocycles. The number of hydrogen-bond donors (Lipinski definition) is 1. The Morgan fingerprint density at radius 2 is 2.12 bits per heavy atom. The van der Waals surface area contributed by atoms with Gasteiger partial charge in [-0.15, -0.1) is 0 Å². The molecule has 0 bridgehead atoms. The third-order valence-corrected chi connectivity index (χ3v) is 0.938. The summed E-state index contributed by atoms with van der Waals surface area (Å²) >= 11 is 0. The van der Waals surface area contributed by atoms with Gasteiger partial charge < -0.3 is 9.84 Å². The molecule has 0 aromatic rings. The molecule has 2 nitrogen and oxygen atoms in total. The Hall–Kier alpha value is 0.686. The van der Waals surface area contributed by atoms with Crippen LogP contribution < -0.4 is 0 Å². The van der Waals surface area contributed by atoms with Crippen LogP contribution >= 0.6 is 0 Å². The van der Waals surface area contributed by atoms with E-state index in [1.54, 1.807) is 7.11 Å². The first kappa shape index (κ1) is 11.5. The van der Waals surface area contributed by atoms with Gasteiger partial charge in [0.1, 0.15) is 0 Å². The molecule has 0 aliphatic rings. The first-order valence-corrected chi connectivity index (χ1v) is 2.45. The number of rotatable bonds is 3. The van der Waals surface area contributed by atoms with E-state index in [9.17, 15) is 0 Å². The van der Waals surface area contributed by atoms with E-state index >= 15 is 0 Å². The van der Waals surface area contributed by atoms with Gasteiger partial charge in [-0.1, -0.05) is 0 Å². The van der Waals surface area contributed by atoms with E-state index in [1.165, 1.54) is 0 Å². The van der Waals surface area contributed by atoms with Gasteiger partial charge in [0.05, 0.1) is 6.10 Å². The normalized spacial score (nSPS) is 12.4. The van der Waals surface area contributed by atoms with Crippen molar-refractivity contribution in [2.75, 3.05) is 13.7 Å². The summed E-state index contributed by atoms with van der Waals surface area (Å²) in [6.45, 7) is 2.14. The molecule has 0 aliphatic carbocycles. The maximum atomic E-state index is 8.29. The van der Waals surface area contributed by atoms with Crippen LogP contribution in [0.5, 0.6) is 0 Å². The SMILES string of the molecule is COC(C)CCO.[MgH2]. The third-order valence-electron chi connectivity index (χ3n) is 0.938.